The molecule has 0 bridgehead atoms. The number of nitrogens with zero attached hydrogens (tertiary/aromatic N) is 3. The average Bonchev–Trinajstić information content (AvgIpc) is 3.57. The summed E-state index contributed by atoms with van der Waals surface area (Å²) < 4.78 is 11.3. The third kappa shape index (κ3) is 7.07. The molecule has 8 aromatic rings. The van der Waals surface area contributed by atoms with Crippen molar-refractivity contribution in [3.8, 4) is 67.5 Å². The number of aromatic nitrogens is 3. The summed E-state index contributed by atoms with van der Waals surface area (Å²) in [5.41, 5.74) is 13.0. The second-order valence-corrected chi connectivity index (χ2v) is 14.8. The molecule has 6 aromatic carbocycles. The van der Waals surface area contributed by atoms with E-state index in [-0.39, 0.29) is 32.2 Å². The Kier molecular flexibility index (Phi) is 9.88. The van der Waals surface area contributed by atoms with Crippen LogP contribution in [0.15, 0.2) is 152 Å². The quantitative estimate of drug-likeness (QED) is 0.162. The Morgan fingerprint density at radius 1 is 0.667 bits per heavy atom. The molecule has 0 aliphatic heterocycles. The number of aromatic hydroxyl groups is 1. The molecule has 0 saturated heterocycles. The number of imidazole rings is 1. The molecule has 270 valence electrons. The molecule has 2 aromatic heterocycles. The van der Waals surface area contributed by atoms with E-state index in [0.717, 1.165) is 72.5 Å². The fourth-order valence-electron chi connectivity index (χ4n) is 7.05. The Bertz CT molecular complexity index is 2640. The van der Waals surface area contributed by atoms with Crippen molar-refractivity contribution in [3.05, 3.63) is 169 Å². The summed E-state index contributed by atoms with van der Waals surface area (Å²) in [7, 11) is 0. The van der Waals surface area contributed by atoms with Crippen molar-refractivity contribution in [3.63, 3.8) is 0 Å². The first-order chi connectivity index (χ1) is 26.0. The van der Waals surface area contributed by atoms with Crippen molar-refractivity contribution in [1.29, 1.82) is 0 Å². The molecule has 0 atom stereocenters. The zero-order chi connectivity index (χ0) is 37.6. The number of hydrogen-bond donors (Lipinski definition) is 1. The molecule has 0 fully saturated rings. The van der Waals surface area contributed by atoms with Gasteiger partial charge in [-0.25, -0.2) is 4.98 Å². The van der Waals surface area contributed by atoms with E-state index in [9.17, 15) is 6.48 Å². The van der Waals surface area contributed by atoms with Crippen molar-refractivity contribution in [2.24, 2.45) is 0 Å². The molecule has 5 heteroatoms. The van der Waals surface area contributed by atoms with Crippen molar-refractivity contribution in [2.45, 2.75) is 45.9 Å². The van der Waals surface area contributed by atoms with Crippen LogP contribution in [-0.2, 0) is 26.5 Å². The second-order valence-electron chi connectivity index (χ2n) is 14.8. The summed E-state index contributed by atoms with van der Waals surface area (Å²) in [6, 6.07) is 52.8. The Labute approximate surface area is 333 Å². The number of pyridine rings is 1. The first kappa shape index (κ1) is 35.5. The van der Waals surface area contributed by atoms with Gasteiger partial charge in [-0.05, 0) is 75.5 Å². The fraction of sp³-hybridized carbons (Fsp3) is 0.143. The summed E-state index contributed by atoms with van der Waals surface area (Å²) in [5, 5.41) is 11.2. The van der Waals surface area contributed by atoms with Crippen LogP contribution < -0.4 is 0 Å². The average molecular weight is 885 g/mol. The normalized spacial score (nSPS) is 12.0. The minimum absolute atomic E-state index is 0. The maximum Gasteiger partial charge on any atom is 0.148 e. The molecule has 0 aliphatic carbocycles. The molecule has 54 heavy (non-hydrogen) atoms. The molecule has 0 amide bonds. The minimum atomic E-state index is -0.887. The zero-order valence-corrected chi connectivity index (χ0v) is 33.3. The van der Waals surface area contributed by atoms with E-state index in [2.05, 4.69) is 122 Å². The van der Waals surface area contributed by atoms with Gasteiger partial charge in [0.1, 0.15) is 11.6 Å². The van der Waals surface area contributed by atoms with E-state index in [1.807, 2.05) is 68.6 Å². The van der Waals surface area contributed by atoms with Gasteiger partial charge < -0.3 is 5.11 Å². The Morgan fingerprint density at radius 2 is 1.33 bits per heavy atom. The smallest absolute Gasteiger partial charge is 0.148 e. The SMILES string of the molecule is [2H]C(C)(C)c1cc(-n2c(-c3ccccc3O)nc3c(-c4[c-]c(-c5cc(-c6ccccc6)ccn5)cc(C(C)(C)C)c4)cccc32)ccc1-c1ccccc1.[Pt]. The standard InChI is InChI=1S/C49H42N3O.Pt/c1-32(2)43-31-39(23-24-40(43)34-17-10-7-11-18-34)52-45-21-14-20-41(47(45)51-48(52)42-19-12-13-22-46(42)53)36-27-37(29-38(28-36)49(3,4)5)44-30-35(25-26-50-44)33-15-8-6-9-16-33;/h6-26,28-32,53H,1-5H3;/q-1;/i32D;. The number of hydrogen-bond acceptors (Lipinski definition) is 3. The molecular weight excluding hydrogens is 842 g/mol. The van der Waals surface area contributed by atoms with E-state index < -0.39 is 5.89 Å². The first-order valence-electron chi connectivity index (χ1n) is 18.6. The topological polar surface area (TPSA) is 50.9 Å². The molecule has 0 spiro atoms. The van der Waals surface area contributed by atoms with E-state index in [4.69, 9.17) is 9.97 Å². The van der Waals surface area contributed by atoms with Crippen LogP contribution in [0.25, 0.3) is 72.7 Å². The molecular formula is C49H42N3OPt-. The van der Waals surface area contributed by atoms with Crippen LogP contribution in [0, 0.1) is 6.07 Å². The molecule has 0 saturated carbocycles. The molecule has 4 nitrogen and oxygen atoms in total. The molecule has 0 radical (unpaired) electrons. The van der Waals surface area contributed by atoms with Crippen molar-refractivity contribution < 1.29 is 27.5 Å². The summed E-state index contributed by atoms with van der Waals surface area (Å²) in [4.78, 5) is 10.2. The Hall–Kier alpha value is -5.57. The summed E-state index contributed by atoms with van der Waals surface area (Å²) in [6.07, 6.45) is 1.87. The predicted octanol–water partition coefficient (Wildman–Crippen LogP) is 12.7. The minimum Gasteiger partial charge on any atom is -0.507 e. The number of phenolic OH excluding ortho intramolecular Hbond substituents is 1. The number of benzene rings is 6. The zero-order valence-electron chi connectivity index (χ0n) is 32.0. The number of phenols is 1. The van der Waals surface area contributed by atoms with Crippen LogP contribution >= 0.6 is 0 Å². The molecule has 2 heterocycles. The van der Waals surface area contributed by atoms with Crippen LogP contribution in [0.3, 0.4) is 0 Å². The third-order valence-corrected chi connectivity index (χ3v) is 9.88. The maximum atomic E-state index is 11.2. The predicted molar refractivity (Wildman–Crippen MR) is 219 cm³/mol. The van der Waals surface area contributed by atoms with Crippen LogP contribution in [0.5, 0.6) is 5.75 Å². The van der Waals surface area contributed by atoms with E-state index >= 15 is 0 Å². The van der Waals surface area contributed by atoms with Gasteiger partial charge in [0.05, 0.1) is 16.6 Å². The maximum absolute atomic E-state index is 11.2. The third-order valence-electron chi connectivity index (χ3n) is 9.88. The van der Waals surface area contributed by atoms with Gasteiger partial charge in [0.15, 0.2) is 0 Å². The van der Waals surface area contributed by atoms with Gasteiger partial charge in [0.2, 0.25) is 0 Å². The molecule has 0 unspecified atom stereocenters. The second kappa shape index (κ2) is 15.0. The van der Waals surface area contributed by atoms with E-state index in [0.29, 0.717) is 11.4 Å². The van der Waals surface area contributed by atoms with Crippen LogP contribution in [0.4, 0.5) is 0 Å². The van der Waals surface area contributed by atoms with Crippen molar-refractivity contribution in [1.82, 2.24) is 14.5 Å². The van der Waals surface area contributed by atoms with Crippen LogP contribution in [0.2, 0.25) is 0 Å². The van der Waals surface area contributed by atoms with Gasteiger partial charge >= 0.3 is 0 Å². The molecule has 0 aliphatic rings. The van der Waals surface area contributed by atoms with Crippen molar-refractivity contribution >= 4 is 11.0 Å². The van der Waals surface area contributed by atoms with E-state index in [1.165, 1.54) is 0 Å². The summed E-state index contributed by atoms with van der Waals surface area (Å²) in [5.74, 6) is -0.130. The van der Waals surface area contributed by atoms with Gasteiger partial charge in [-0.2, -0.15) is 0 Å². The fourth-order valence-corrected chi connectivity index (χ4v) is 7.05. The largest absolute Gasteiger partial charge is 0.507 e. The van der Waals surface area contributed by atoms with Crippen LogP contribution in [-0.4, -0.2) is 19.6 Å². The summed E-state index contributed by atoms with van der Waals surface area (Å²) >= 11 is 0. The monoisotopic (exact) mass is 884 g/mol. The van der Waals surface area contributed by atoms with Gasteiger partial charge in [-0.1, -0.05) is 143 Å². The first-order valence-corrected chi connectivity index (χ1v) is 18.1. The van der Waals surface area contributed by atoms with Gasteiger partial charge in [-0.15, -0.1) is 29.3 Å². The Morgan fingerprint density at radius 3 is 2.04 bits per heavy atom. The number of para-hydroxylation sites is 2. The van der Waals surface area contributed by atoms with Crippen LogP contribution in [0.1, 0.15) is 53.0 Å². The number of rotatable bonds is 7. The Balaban J connectivity index is 0.00000465. The van der Waals surface area contributed by atoms with Gasteiger partial charge in [0.25, 0.3) is 0 Å². The molecule has 1 N–H and O–H groups in total. The summed E-state index contributed by atoms with van der Waals surface area (Å²) in [6.45, 7) is 10.5. The van der Waals surface area contributed by atoms with E-state index in [1.54, 1.807) is 6.07 Å². The van der Waals surface area contributed by atoms with Gasteiger partial charge in [-0.3, -0.25) is 9.55 Å². The molecule has 8 rings (SSSR count). The van der Waals surface area contributed by atoms with Crippen molar-refractivity contribution in [2.75, 3.05) is 0 Å². The number of fused-ring (bicyclic) bond motifs is 1. The van der Waals surface area contributed by atoms with Gasteiger partial charge in [0, 0.05) is 40.0 Å².